The summed E-state index contributed by atoms with van der Waals surface area (Å²) in [6.45, 7) is 5.65. The van der Waals surface area contributed by atoms with Gasteiger partial charge < -0.3 is 24.5 Å². The van der Waals surface area contributed by atoms with Crippen LogP contribution in [0.2, 0.25) is 0 Å². The van der Waals surface area contributed by atoms with Gasteiger partial charge in [-0.3, -0.25) is 4.79 Å². The van der Waals surface area contributed by atoms with E-state index in [0.717, 1.165) is 18.8 Å². The molecule has 1 saturated heterocycles. The van der Waals surface area contributed by atoms with Crippen LogP contribution in [0.25, 0.3) is 10.9 Å². The minimum Gasteiger partial charge on any atom is -0.545 e. The van der Waals surface area contributed by atoms with E-state index in [1.165, 1.54) is 17.0 Å². The van der Waals surface area contributed by atoms with Crippen LogP contribution < -0.4 is 15.4 Å². The molecule has 1 fully saturated rings. The van der Waals surface area contributed by atoms with E-state index in [-0.39, 0.29) is 11.0 Å². The zero-order valence-electron chi connectivity index (χ0n) is 12.4. The van der Waals surface area contributed by atoms with Crippen molar-refractivity contribution in [2.75, 3.05) is 26.3 Å². The van der Waals surface area contributed by atoms with Crippen molar-refractivity contribution < 1.29 is 19.5 Å². The summed E-state index contributed by atoms with van der Waals surface area (Å²) in [6.07, 6.45) is 0. The fourth-order valence-corrected chi connectivity index (χ4v) is 2.88. The highest BCUT2D eigenvalue weighted by atomic mass is 16.5. The van der Waals surface area contributed by atoms with Crippen LogP contribution in [0.1, 0.15) is 21.6 Å². The van der Waals surface area contributed by atoms with Crippen molar-refractivity contribution in [3.05, 3.63) is 45.2 Å². The molecule has 0 aliphatic carbocycles. The molecule has 0 amide bonds. The normalized spacial score (nSPS) is 16.0. The maximum absolute atomic E-state index is 12.7. The number of aromatic nitrogens is 1. The molecule has 0 unspecified atom stereocenters. The van der Waals surface area contributed by atoms with E-state index in [9.17, 15) is 14.7 Å². The zero-order valence-corrected chi connectivity index (χ0v) is 12.4. The third-order valence-electron chi connectivity index (χ3n) is 4.18. The molecular formula is C16H18N2O4. The summed E-state index contributed by atoms with van der Waals surface area (Å²) in [4.78, 5) is 28.2. The van der Waals surface area contributed by atoms with Crippen molar-refractivity contribution in [3.8, 4) is 0 Å². The average molecular weight is 302 g/mol. The molecule has 6 heteroatoms. The first-order valence-electron chi connectivity index (χ1n) is 7.34. The molecule has 6 nitrogen and oxygen atoms in total. The summed E-state index contributed by atoms with van der Waals surface area (Å²) < 4.78 is 5.33. The quantitative estimate of drug-likeness (QED) is 0.731. The summed E-state index contributed by atoms with van der Waals surface area (Å²) >= 11 is 0. The number of carboxylic acid groups (broad SMARTS) is 1. The number of morpholine rings is 1. The van der Waals surface area contributed by atoms with Crippen LogP contribution in [0.4, 0.5) is 0 Å². The van der Waals surface area contributed by atoms with E-state index in [0.29, 0.717) is 36.2 Å². The topological polar surface area (TPSA) is 86.7 Å². The van der Waals surface area contributed by atoms with Crippen LogP contribution in [-0.4, -0.2) is 37.3 Å². The second-order valence-corrected chi connectivity index (χ2v) is 5.64. The van der Waals surface area contributed by atoms with Gasteiger partial charge in [0.05, 0.1) is 24.7 Å². The Balaban J connectivity index is 2.05. The molecule has 2 heterocycles. The third kappa shape index (κ3) is 2.75. The maximum Gasteiger partial charge on any atom is 0.198 e. The highest BCUT2D eigenvalue weighted by Crippen LogP contribution is 2.13. The number of carboxylic acids is 1. The monoisotopic (exact) mass is 302 g/mol. The fourth-order valence-electron chi connectivity index (χ4n) is 2.88. The van der Waals surface area contributed by atoms with Gasteiger partial charge >= 0.3 is 0 Å². The first-order chi connectivity index (χ1) is 10.6. The number of aromatic amines is 1. The molecule has 0 spiro atoms. The predicted molar refractivity (Wildman–Crippen MR) is 78.9 cm³/mol. The molecule has 1 aliphatic heterocycles. The number of carbonyl (C=O) groups is 1. The van der Waals surface area contributed by atoms with Gasteiger partial charge in [-0.15, -0.1) is 0 Å². The Bertz CT molecular complexity index is 776. The van der Waals surface area contributed by atoms with Crippen LogP contribution in [0, 0.1) is 6.92 Å². The standard InChI is InChI=1S/C16H18N2O4/c1-10-13(9-18-4-6-22-7-5-18)15(19)12-8-11(16(20)21)2-3-14(12)17-10/h2-3,8H,4-7,9H2,1H3,(H,17,19)(H,20,21). The smallest absolute Gasteiger partial charge is 0.198 e. The molecule has 0 radical (unpaired) electrons. The molecule has 2 N–H and O–H groups in total. The lowest BCUT2D eigenvalue weighted by atomic mass is 10.1. The number of hydrogen-bond donors (Lipinski definition) is 2. The van der Waals surface area contributed by atoms with Crippen molar-refractivity contribution in [3.63, 3.8) is 0 Å². The molecule has 0 saturated carbocycles. The largest absolute Gasteiger partial charge is 0.545 e. The van der Waals surface area contributed by atoms with Crippen LogP contribution in [0.15, 0.2) is 23.0 Å². The molecule has 1 aromatic heterocycles. The molecule has 1 aromatic carbocycles. The van der Waals surface area contributed by atoms with E-state index >= 15 is 0 Å². The van der Waals surface area contributed by atoms with Gasteiger partial charge in [-0.2, -0.15) is 0 Å². The van der Waals surface area contributed by atoms with Crippen LogP contribution in [0.5, 0.6) is 0 Å². The summed E-state index contributed by atoms with van der Waals surface area (Å²) in [5.41, 5.74) is 2.10. The fraction of sp³-hybridized carbons (Fsp3) is 0.375. The minimum absolute atomic E-state index is 0.0199. The number of hydrogen-bond acceptors (Lipinski definition) is 4. The van der Waals surface area contributed by atoms with Gasteiger partial charge in [0.2, 0.25) is 0 Å². The first-order valence-corrected chi connectivity index (χ1v) is 7.34. The van der Waals surface area contributed by atoms with Crippen LogP contribution in [-0.2, 0) is 11.3 Å². The Morgan fingerprint density at radius 2 is 2.09 bits per heavy atom. The Morgan fingerprint density at radius 3 is 2.77 bits per heavy atom. The summed E-state index contributed by atoms with van der Waals surface area (Å²) in [6, 6.07) is 4.45. The van der Waals surface area contributed by atoms with Crippen molar-refractivity contribution in [2.45, 2.75) is 13.5 Å². The summed E-state index contributed by atoms with van der Waals surface area (Å²) in [5.74, 6) is -1.28. The predicted octanol–water partition coefficient (Wildman–Crippen LogP) is -1.38. The molecule has 1 aliphatic rings. The average Bonchev–Trinajstić information content (AvgIpc) is 2.52. The van der Waals surface area contributed by atoms with Crippen molar-refractivity contribution in [1.82, 2.24) is 4.98 Å². The van der Waals surface area contributed by atoms with Gasteiger partial charge in [-0.1, -0.05) is 6.07 Å². The Hall–Kier alpha value is -2.18. The molecule has 0 atom stereocenters. The lowest BCUT2D eigenvalue weighted by Crippen LogP contribution is -3.13. The second kappa shape index (κ2) is 5.90. The van der Waals surface area contributed by atoms with Gasteiger partial charge in [0.25, 0.3) is 0 Å². The number of quaternary nitrogens is 1. The number of pyridine rings is 1. The highest BCUT2D eigenvalue weighted by molar-refractivity contribution is 5.92. The SMILES string of the molecule is Cc1[nH]c2ccc(C(=O)[O-])cc2c(=O)c1C[NH+]1CCOCC1. The number of rotatable bonds is 3. The van der Waals surface area contributed by atoms with Crippen LogP contribution in [0.3, 0.4) is 0 Å². The number of benzene rings is 1. The van der Waals surface area contributed by atoms with Gasteiger partial charge in [0.15, 0.2) is 5.43 Å². The second-order valence-electron chi connectivity index (χ2n) is 5.64. The Morgan fingerprint density at radius 1 is 1.36 bits per heavy atom. The number of aryl methyl sites for hydroxylation is 1. The van der Waals surface area contributed by atoms with Crippen molar-refractivity contribution in [1.29, 1.82) is 0 Å². The van der Waals surface area contributed by atoms with E-state index in [1.54, 1.807) is 6.07 Å². The molecule has 116 valence electrons. The molecule has 0 bridgehead atoms. The summed E-state index contributed by atoms with van der Waals surface area (Å²) in [7, 11) is 0. The van der Waals surface area contributed by atoms with Gasteiger partial charge in [0, 0.05) is 16.6 Å². The molecule has 3 rings (SSSR count). The first kappa shape index (κ1) is 14.7. The van der Waals surface area contributed by atoms with Gasteiger partial charge in [-0.25, -0.2) is 0 Å². The van der Waals surface area contributed by atoms with E-state index in [4.69, 9.17) is 4.74 Å². The summed E-state index contributed by atoms with van der Waals surface area (Å²) in [5, 5.41) is 11.4. The van der Waals surface area contributed by atoms with Crippen molar-refractivity contribution >= 4 is 16.9 Å². The zero-order chi connectivity index (χ0) is 15.7. The Labute approximate surface area is 127 Å². The molecular weight excluding hydrogens is 284 g/mol. The molecule has 2 aromatic rings. The van der Waals surface area contributed by atoms with Crippen LogP contribution >= 0.6 is 0 Å². The lowest BCUT2D eigenvalue weighted by molar-refractivity contribution is -0.921. The number of nitrogens with one attached hydrogen (secondary N) is 2. The molecule has 22 heavy (non-hydrogen) atoms. The number of ether oxygens (including phenoxy) is 1. The maximum atomic E-state index is 12.7. The number of aromatic carboxylic acids is 1. The Kier molecular flexibility index (Phi) is 3.96. The lowest BCUT2D eigenvalue weighted by Gasteiger charge is -2.24. The van der Waals surface area contributed by atoms with E-state index in [2.05, 4.69) is 4.98 Å². The number of fused-ring (bicyclic) bond motifs is 1. The van der Waals surface area contributed by atoms with Gasteiger partial charge in [0.1, 0.15) is 19.6 Å². The minimum atomic E-state index is -1.28. The number of carbonyl (C=O) groups excluding carboxylic acids is 1. The van der Waals surface area contributed by atoms with Crippen molar-refractivity contribution in [2.24, 2.45) is 0 Å². The number of H-pyrrole nitrogens is 1. The third-order valence-corrected chi connectivity index (χ3v) is 4.18. The van der Waals surface area contributed by atoms with E-state index < -0.39 is 5.97 Å². The highest BCUT2D eigenvalue weighted by Gasteiger charge is 2.19. The van der Waals surface area contributed by atoms with Gasteiger partial charge in [-0.05, 0) is 24.6 Å². The van der Waals surface area contributed by atoms with E-state index in [1.807, 2.05) is 6.92 Å².